The number of rotatable bonds is 5. The Balaban J connectivity index is 1.65. The third kappa shape index (κ3) is 4.40. The Kier molecular flexibility index (Phi) is 5.19. The van der Waals surface area contributed by atoms with Crippen molar-refractivity contribution in [3.05, 3.63) is 82.3 Å². The van der Waals surface area contributed by atoms with Gasteiger partial charge in [-0.15, -0.1) is 10.2 Å². The number of benzene rings is 1. The highest BCUT2D eigenvalue weighted by molar-refractivity contribution is 6.30. The molecule has 0 radical (unpaired) electrons. The Hall–Kier alpha value is -3.32. The molecule has 0 aliphatic carbocycles. The molecule has 130 valence electrons. The molecule has 0 aliphatic rings. The Morgan fingerprint density at radius 2 is 1.77 bits per heavy atom. The van der Waals surface area contributed by atoms with Gasteiger partial charge in [0.1, 0.15) is 5.82 Å². The summed E-state index contributed by atoms with van der Waals surface area (Å²) in [6.45, 7) is 0. The molecule has 2 heterocycles. The molecule has 0 bridgehead atoms. The van der Waals surface area contributed by atoms with E-state index < -0.39 is 11.9 Å². The first kappa shape index (κ1) is 17.5. The maximum Gasteiger partial charge on any atom is 0.356 e. The number of carbonyl (C=O) groups is 2. The summed E-state index contributed by atoms with van der Waals surface area (Å²) in [6, 6.07) is 13.6. The number of hydrogen-bond donors (Lipinski definition) is 2. The second kappa shape index (κ2) is 7.71. The summed E-state index contributed by atoms with van der Waals surface area (Å²) in [4.78, 5) is 27.0. The summed E-state index contributed by atoms with van der Waals surface area (Å²) < 4.78 is 0. The van der Waals surface area contributed by atoms with Gasteiger partial charge in [-0.25, -0.2) is 9.78 Å². The predicted octanol–water partition coefficient (Wildman–Crippen LogP) is 3.07. The van der Waals surface area contributed by atoms with Gasteiger partial charge in [-0.05, 0) is 47.9 Å². The molecule has 2 N–H and O–H groups in total. The average Bonchev–Trinajstić information content (AvgIpc) is 2.63. The number of aromatic carboxylic acids is 1. The summed E-state index contributed by atoms with van der Waals surface area (Å²) in [5, 5.41) is 19.1. The number of pyridine rings is 1. The molecule has 8 heteroatoms. The molecule has 0 unspecified atom stereocenters. The van der Waals surface area contributed by atoms with Crippen molar-refractivity contribution >= 4 is 29.3 Å². The number of aromatic nitrogens is 3. The summed E-state index contributed by atoms with van der Waals surface area (Å²) >= 11 is 5.97. The van der Waals surface area contributed by atoms with E-state index in [-0.39, 0.29) is 11.4 Å². The van der Waals surface area contributed by atoms with Gasteiger partial charge in [0.2, 0.25) is 0 Å². The topological polar surface area (TPSA) is 105 Å². The highest BCUT2D eigenvalue weighted by Gasteiger charge is 2.11. The van der Waals surface area contributed by atoms with E-state index >= 15 is 0 Å². The van der Waals surface area contributed by atoms with E-state index in [1.54, 1.807) is 12.3 Å². The number of amides is 1. The van der Waals surface area contributed by atoms with Crippen molar-refractivity contribution < 1.29 is 14.7 Å². The molecule has 7 nitrogen and oxygen atoms in total. The van der Waals surface area contributed by atoms with Crippen LogP contribution in [0.5, 0.6) is 0 Å². The van der Waals surface area contributed by atoms with Crippen molar-refractivity contribution in [3.8, 4) is 0 Å². The van der Waals surface area contributed by atoms with Gasteiger partial charge in [0, 0.05) is 11.2 Å². The van der Waals surface area contributed by atoms with Crippen LogP contribution in [0.2, 0.25) is 5.02 Å². The van der Waals surface area contributed by atoms with E-state index in [1.807, 2.05) is 30.3 Å². The van der Waals surface area contributed by atoms with Crippen LogP contribution in [0, 0.1) is 0 Å². The maximum absolute atomic E-state index is 12.1. The molecule has 3 aromatic rings. The van der Waals surface area contributed by atoms with E-state index in [0.29, 0.717) is 17.3 Å². The zero-order valence-corrected chi connectivity index (χ0v) is 14.1. The van der Waals surface area contributed by atoms with Crippen LogP contribution >= 0.6 is 11.6 Å². The first-order valence-corrected chi connectivity index (χ1v) is 7.97. The van der Waals surface area contributed by atoms with Gasteiger partial charge < -0.3 is 10.4 Å². The second-order valence-corrected chi connectivity index (χ2v) is 5.86. The monoisotopic (exact) mass is 368 g/mol. The van der Waals surface area contributed by atoms with Crippen LogP contribution in [0.4, 0.5) is 5.82 Å². The van der Waals surface area contributed by atoms with E-state index in [0.717, 1.165) is 11.1 Å². The minimum atomic E-state index is -1.21. The fourth-order valence-corrected chi connectivity index (χ4v) is 2.45. The highest BCUT2D eigenvalue weighted by Crippen LogP contribution is 2.15. The van der Waals surface area contributed by atoms with Crippen molar-refractivity contribution in [1.82, 2.24) is 15.2 Å². The molecule has 1 amide bonds. The third-order valence-electron chi connectivity index (χ3n) is 3.48. The van der Waals surface area contributed by atoms with Gasteiger partial charge in [-0.2, -0.15) is 0 Å². The number of carboxylic acid groups (broad SMARTS) is 1. The molecule has 0 saturated carbocycles. The van der Waals surface area contributed by atoms with Crippen LogP contribution in [0.25, 0.3) is 0 Å². The summed E-state index contributed by atoms with van der Waals surface area (Å²) in [5.74, 6) is -1.38. The quantitative estimate of drug-likeness (QED) is 0.717. The summed E-state index contributed by atoms with van der Waals surface area (Å²) in [7, 11) is 0. The van der Waals surface area contributed by atoms with Crippen molar-refractivity contribution in [2.75, 3.05) is 5.32 Å². The normalized spacial score (nSPS) is 10.3. The molecule has 3 rings (SSSR count). The first-order chi connectivity index (χ1) is 12.5. The minimum absolute atomic E-state index is 0.000182. The van der Waals surface area contributed by atoms with Crippen molar-refractivity contribution in [3.63, 3.8) is 0 Å². The first-order valence-electron chi connectivity index (χ1n) is 7.59. The van der Waals surface area contributed by atoms with E-state index in [9.17, 15) is 9.59 Å². The van der Waals surface area contributed by atoms with Crippen LogP contribution in [-0.4, -0.2) is 32.2 Å². The van der Waals surface area contributed by atoms with E-state index in [4.69, 9.17) is 16.7 Å². The fourth-order valence-electron chi connectivity index (χ4n) is 2.23. The minimum Gasteiger partial charge on any atom is -0.476 e. The Labute approximate surface area is 153 Å². The van der Waals surface area contributed by atoms with Crippen LogP contribution < -0.4 is 5.32 Å². The fraction of sp³-hybridized carbons (Fsp3) is 0.0556. The molecule has 1 aromatic carbocycles. The number of anilines is 1. The lowest BCUT2D eigenvalue weighted by atomic mass is 10.1. The maximum atomic E-state index is 12.1. The largest absolute Gasteiger partial charge is 0.476 e. The Morgan fingerprint density at radius 3 is 2.38 bits per heavy atom. The number of carboxylic acids is 1. The van der Waals surface area contributed by atoms with Crippen molar-refractivity contribution in [2.45, 2.75) is 6.42 Å². The number of carbonyl (C=O) groups excluding carboxylic acids is 1. The molecule has 0 saturated heterocycles. The molecule has 0 aliphatic heterocycles. The average molecular weight is 369 g/mol. The van der Waals surface area contributed by atoms with Crippen LogP contribution in [0.1, 0.15) is 32.1 Å². The molecule has 0 fully saturated rings. The molecule has 0 spiro atoms. The standard InChI is InChI=1S/C18H13ClN4O3/c19-13-3-1-2-11(9-13)8-12-4-7-16(20-10-12)21-17(24)14-5-6-15(18(25)26)23-22-14/h1-7,9-10H,8H2,(H,25,26)(H,20,21,24). The highest BCUT2D eigenvalue weighted by atomic mass is 35.5. The predicted molar refractivity (Wildman–Crippen MR) is 95.4 cm³/mol. The molecule has 2 aromatic heterocycles. The van der Waals surface area contributed by atoms with E-state index in [1.165, 1.54) is 12.1 Å². The molecular formula is C18H13ClN4O3. The van der Waals surface area contributed by atoms with Crippen LogP contribution in [-0.2, 0) is 6.42 Å². The lowest BCUT2D eigenvalue weighted by Crippen LogP contribution is -2.16. The van der Waals surface area contributed by atoms with Crippen molar-refractivity contribution in [2.24, 2.45) is 0 Å². The van der Waals surface area contributed by atoms with Crippen molar-refractivity contribution in [1.29, 1.82) is 0 Å². The van der Waals surface area contributed by atoms with Gasteiger partial charge in [-0.3, -0.25) is 4.79 Å². The Bertz CT molecular complexity index is 943. The van der Waals surface area contributed by atoms with Gasteiger partial charge in [0.25, 0.3) is 5.91 Å². The van der Waals surface area contributed by atoms with Gasteiger partial charge in [0.05, 0.1) is 0 Å². The number of hydrogen-bond acceptors (Lipinski definition) is 5. The second-order valence-electron chi connectivity index (χ2n) is 5.42. The zero-order valence-electron chi connectivity index (χ0n) is 13.4. The smallest absolute Gasteiger partial charge is 0.356 e. The van der Waals surface area contributed by atoms with Gasteiger partial charge in [0.15, 0.2) is 11.4 Å². The summed E-state index contributed by atoms with van der Waals surface area (Å²) in [6.07, 6.45) is 2.33. The zero-order chi connectivity index (χ0) is 18.5. The van der Waals surface area contributed by atoms with Gasteiger partial charge in [-0.1, -0.05) is 29.8 Å². The lowest BCUT2D eigenvalue weighted by Gasteiger charge is -2.06. The third-order valence-corrected chi connectivity index (χ3v) is 3.72. The SMILES string of the molecule is O=C(O)c1ccc(C(=O)Nc2ccc(Cc3cccc(Cl)c3)cn2)nn1. The molecule has 26 heavy (non-hydrogen) atoms. The number of nitrogens with zero attached hydrogens (tertiary/aromatic N) is 3. The van der Waals surface area contributed by atoms with Crippen LogP contribution in [0.15, 0.2) is 54.7 Å². The molecular weight excluding hydrogens is 356 g/mol. The van der Waals surface area contributed by atoms with E-state index in [2.05, 4.69) is 20.5 Å². The number of nitrogens with one attached hydrogen (secondary N) is 1. The number of halogens is 1. The lowest BCUT2D eigenvalue weighted by molar-refractivity contribution is 0.0688. The van der Waals surface area contributed by atoms with Crippen LogP contribution in [0.3, 0.4) is 0 Å². The molecule has 0 atom stereocenters. The summed E-state index contributed by atoms with van der Waals surface area (Å²) in [5.41, 5.74) is 1.80. The Morgan fingerprint density at radius 1 is 1.00 bits per heavy atom. The van der Waals surface area contributed by atoms with Gasteiger partial charge >= 0.3 is 5.97 Å².